The summed E-state index contributed by atoms with van der Waals surface area (Å²) in [7, 11) is -1.60. The second-order valence-electron chi connectivity index (χ2n) is 10.0. The minimum absolute atomic E-state index is 0.0470. The van der Waals surface area contributed by atoms with E-state index in [4.69, 9.17) is 0 Å². The Labute approximate surface area is 190 Å². The van der Waals surface area contributed by atoms with E-state index in [1.807, 2.05) is 0 Å². The number of hydrogen-bond donors (Lipinski definition) is 0. The molecule has 0 saturated carbocycles. The van der Waals surface area contributed by atoms with Gasteiger partial charge in [0.15, 0.2) is 0 Å². The highest BCUT2D eigenvalue weighted by Crippen LogP contribution is 2.47. The molecule has 0 saturated heterocycles. The molecule has 0 fully saturated rings. The van der Waals surface area contributed by atoms with E-state index in [0.29, 0.717) is 0 Å². The van der Waals surface area contributed by atoms with Crippen molar-refractivity contribution < 1.29 is 4.24 Å². The molecule has 0 amide bonds. The van der Waals surface area contributed by atoms with Gasteiger partial charge in [-0.05, 0) is 64.3 Å². The van der Waals surface area contributed by atoms with Crippen molar-refractivity contribution >= 4 is 32.7 Å². The average molecular weight is 445 g/mol. The summed E-state index contributed by atoms with van der Waals surface area (Å²) in [6.45, 7) is 14.2. The van der Waals surface area contributed by atoms with Crippen LogP contribution in [0.25, 0.3) is 0 Å². The lowest BCUT2D eigenvalue weighted by Crippen LogP contribution is -2.74. The van der Waals surface area contributed by atoms with Crippen LogP contribution >= 0.6 is 7.47 Å². The van der Waals surface area contributed by atoms with E-state index < -0.39 is 16.3 Å². The van der Waals surface area contributed by atoms with E-state index in [1.165, 1.54) is 22.0 Å². The maximum absolute atomic E-state index is 2.77. The molecule has 2 nitrogen and oxygen atoms in total. The Kier molecular flexibility index (Phi) is 5.94. The van der Waals surface area contributed by atoms with Crippen molar-refractivity contribution in [2.24, 2.45) is 0 Å². The van der Waals surface area contributed by atoms with Crippen LogP contribution in [0.15, 0.2) is 91.0 Å². The summed E-state index contributed by atoms with van der Waals surface area (Å²) in [6.07, 6.45) is 0. The Balaban J connectivity index is 1.98. The van der Waals surface area contributed by atoms with Crippen molar-refractivity contribution in [1.82, 2.24) is 4.57 Å². The van der Waals surface area contributed by atoms with Crippen LogP contribution in [0.1, 0.15) is 47.1 Å². The predicted molar refractivity (Wildman–Crippen MR) is 137 cm³/mol. The highest BCUT2D eigenvalue weighted by molar-refractivity contribution is 7.99. The van der Waals surface area contributed by atoms with Crippen LogP contribution in [0.4, 0.5) is 0 Å². The zero-order valence-corrected chi connectivity index (χ0v) is 21.4. The van der Waals surface area contributed by atoms with Crippen LogP contribution in [0, 0.1) is 0 Å². The van der Waals surface area contributed by atoms with Crippen LogP contribution in [-0.4, -0.2) is 34.5 Å². The number of nitrogens with zero attached hydrogens (tertiary/aromatic N) is 2. The van der Waals surface area contributed by atoms with E-state index in [2.05, 4.69) is 141 Å². The first kappa shape index (κ1) is 22.0. The molecule has 0 aliphatic carbocycles. The standard InChI is InChI=1S/C27H33N2PSi/c1-26(2,3)28-25(22-16-10-7-11-17-22)29(27(4,5)6)31(28)30(23-18-12-8-13-19-23)24-20-14-9-15-21-24/h7-21H,1-6H3/q+1. The molecule has 159 valence electrons. The van der Waals surface area contributed by atoms with Gasteiger partial charge in [0.05, 0.1) is 16.6 Å². The van der Waals surface area contributed by atoms with Crippen molar-refractivity contribution in [3.63, 3.8) is 0 Å². The van der Waals surface area contributed by atoms with Crippen LogP contribution in [-0.2, 0) is 0 Å². The van der Waals surface area contributed by atoms with Crippen molar-refractivity contribution in [3.8, 4) is 0 Å². The van der Waals surface area contributed by atoms with Gasteiger partial charge in [0, 0.05) is 7.47 Å². The lowest BCUT2D eigenvalue weighted by molar-refractivity contribution is -0.502. The Hall–Kier alpha value is -2.22. The maximum atomic E-state index is 2.77. The minimum atomic E-state index is -1.08. The molecule has 0 unspecified atom stereocenters. The average Bonchev–Trinajstić information content (AvgIpc) is 2.70. The third kappa shape index (κ3) is 4.27. The molecule has 1 aliphatic rings. The third-order valence-corrected chi connectivity index (χ3v) is 14.0. The molecule has 0 N–H and O–H groups in total. The smallest absolute Gasteiger partial charge is 0.264 e. The quantitative estimate of drug-likeness (QED) is 0.382. The first-order chi connectivity index (χ1) is 14.7. The Morgan fingerprint density at radius 2 is 1.06 bits per heavy atom. The highest BCUT2D eigenvalue weighted by Gasteiger charge is 2.64. The van der Waals surface area contributed by atoms with Crippen LogP contribution in [0.2, 0.25) is 0 Å². The summed E-state index contributed by atoms with van der Waals surface area (Å²) < 4.78 is 5.54. The lowest BCUT2D eigenvalue weighted by atomic mass is 10.1. The molecule has 0 bridgehead atoms. The Bertz CT molecular complexity index is 1010. The van der Waals surface area contributed by atoms with Gasteiger partial charge in [-0.25, -0.2) is 0 Å². The van der Waals surface area contributed by atoms with Gasteiger partial charge in [-0.2, -0.15) is 0 Å². The first-order valence-electron chi connectivity index (χ1n) is 11.0. The number of amidine groups is 1. The second-order valence-corrected chi connectivity index (χ2v) is 15.7. The molecule has 3 aromatic carbocycles. The Morgan fingerprint density at radius 3 is 1.45 bits per heavy atom. The molecule has 0 aromatic heterocycles. The molecule has 1 aliphatic heterocycles. The van der Waals surface area contributed by atoms with Gasteiger partial charge in [0.2, 0.25) is 0 Å². The van der Waals surface area contributed by atoms with Crippen LogP contribution < -0.4 is 10.6 Å². The summed E-state index contributed by atoms with van der Waals surface area (Å²) in [5.41, 5.74) is 1.41. The maximum Gasteiger partial charge on any atom is 0.594 e. The lowest BCUT2D eigenvalue weighted by Gasteiger charge is -2.49. The molecular weight excluding hydrogens is 411 g/mol. The van der Waals surface area contributed by atoms with Crippen LogP contribution in [0.5, 0.6) is 0 Å². The van der Waals surface area contributed by atoms with E-state index in [1.54, 1.807) is 0 Å². The van der Waals surface area contributed by atoms with Crippen molar-refractivity contribution in [3.05, 3.63) is 96.6 Å². The summed E-state index contributed by atoms with van der Waals surface area (Å²) in [4.78, 5) is 0. The van der Waals surface area contributed by atoms with Gasteiger partial charge < -0.3 is 0 Å². The summed E-state index contributed by atoms with van der Waals surface area (Å²) in [5, 5.41) is 2.93. The molecule has 0 spiro atoms. The monoisotopic (exact) mass is 444 g/mol. The normalized spacial score (nSPS) is 15.4. The molecule has 1 radical (unpaired) electrons. The molecular formula is C27H33N2PSi+. The zero-order chi connectivity index (χ0) is 22.2. The largest absolute Gasteiger partial charge is 0.594 e. The van der Waals surface area contributed by atoms with E-state index in [0.717, 1.165) is 0 Å². The van der Waals surface area contributed by atoms with Gasteiger partial charge in [0.1, 0.15) is 0 Å². The van der Waals surface area contributed by atoms with Crippen molar-refractivity contribution in [2.75, 3.05) is 0 Å². The van der Waals surface area contributed by atoms with Crippen molar-refractivity contribution in [1.29, 1.82) is 0 Å². The van der Waals surface area contributed by atoms with Gasteiger partial charge in [-0.3, -0.25) is 8.81 Å². The predicted octanol–water partition coefficient (Wildman–Crippen LogP) is 5.48. The molecule has 4 rings (SSSR count). The van der Waals surface area contributed by atoms with E-state index in [-0.39, 0.29) is 11.1 Å². The third-order valence-electron chi connectivity index (χ3n) is 5.43. The molecule has 4 heteroatoms. The molecule has 1 heterocycles. The summed E-state index contributed by atoms with van der Waals surface area (Å²) >= 11 is 0. The molecule has 0 atom stereocenters. The van der Waals surface area contributed by atoms with Gasteiger partial charge in [-0.15, -0.1) is 0 Å². The van der Waals surface area contributed by atoms with E-state index in [9.17, 15) is 0 Å². The summed E-state index contributed by atoms with van der Waals surface area (Å²) in [5.74, 6) is 1.38. The van der Waals surface area contributed by atoms with Gasteiger partial charge in [0.25, 0.3) is 5.84 Å². The fourth-order valence-corrected chi connectivity index (χ4v) is 14.2. The fourth-order valence-electron chi connectivity index (χ4n) is 4.16. The summed E-state index contributed by atoms with van der Waals surface area (Å²) in [6, 6.07) is 33.3. The highest BCUT2D eigenvalue weighted by atomic mass is 31.4. The molecule has 3 aromatic rings. The van der Waals surface area contributed by atoms with Gasteiger partial charge >= 0.3 is 8.79 Å². The second kappa shape index (κ2) is 8.37. The minimum Gasteiger partial charge on any atom is -0.264 e. The fraction of sp³-hybridized carbons (Fsp3) is 0.296. The van der Waals surface area contributed by atoms with Crippen molar-refractivity contribution in [2.45, 2.75) is 52.6 Å². The Morgan fingerprint density at radius 1 is 0.645 bits per heavy atom. The number of benzene rings is 3. The molecule has 31 heavy (non-hydrogen) atoms. The zero-order valence-electron chi connectivity index (χ0n) is 19.5. The SMILES string of the molecule is CC(C)(C)N1C(c2ccccc2)=[N+](C(C)(C)C)[Si]1P(c1ccccc1)c1ccccc1. The topological polar surface area (TPSA) is 6.25 Å². The van der Waals surface area contributed by atoms with Crippen LogP contribution in [0.3, 0.4) is 0 Å². The van der Waals surface area contributed by atoms with Gasteiger partial charge in [-0.1, -0.05) is 78.9 Å². The van der Waals surface area contributed by atoms with E-state index >= 15 is 0 Å². The number of rotatable bonds is 4. The first-order valence-corrected chi connectivity index (χ1v) is 14.6. The number of hydrogen-bond acceptors (Lipinski definition) is 1.